The Bertz CT molecular complexity index is 467. The Morgan fingerprint density at radius 1 is 1.50 bits per heavy atom. The highest BCUT2D eigenvalue weighted by Gasteiger charge is 2.04. The summed E-state index contributed by atoms with van der Waals surface area (Å²) in [6.07, 6.45) is 0. The number of hydrogen-bond acceptors (Lipinski definition) is 4. The standard InChI is InChI=1S/C8H5N3S/c9-4-5-2-1-3-6-7(5)12-8(10)11-6/h1-3H,(H2,10,11). The number of rotatable bonds is 0. The molecule has 12 heavy (non-hydrogen) atoms. The molecule has 2 aromatic rings. The second-order valence-corrected chi connectivity index (χ2v) is 3.35. The van der Waals surface area contributed by atoms with Crippen LogP contribution in [-0.4, -0.2) is 4.98 Å². The molecule has 0 saturated carbocycles. The third-order valence-electron chi connectivity index (χ3n) is 1.55. The van der Waals surface area contributed by atoms with Gasteiger partial charge in [0.15, 0.2) is 5.13 Å². The van der Waals surface area contributed by atoms with Crippen LogP contribution in [0.25, 0.3) is 10.2 Å². The van der Waals surface area contributed by atoms with E-state index in [1.807, 2.05) is 6.07 Å². The molecule has 0 radical (unpaired) electrons. The van der Waals surface area contributed by atoms with Gasteiger partial charge in [-0.3, -0.25) is 0 Å². The van der Waals surface area contributed by atoms with Gasteiger partial charge in [-0.05, 0) is 12.1 Å². The zero-order chi connectivity index (χ0) is 8.55. The van der Waals surface area contributed by atoms with Crippen LogP contribution in [0, 0.1) is 11.3 Å². The van der Waals surface area contributed by atoms with Gasteiger partial charge in [0, 0.05) is 0 Å². The minimum Gasteiger partial charge on any atom is -0.375 e. The molecule has 58 valence electrons. The van der Waals surface area contributed by atoms with E-state index in [0.29, 0.717) is 10.7 Å². The Labute approximate surface area is 73.1 Å². The monoisotopic (exact) mass is 175 g/mol. The predicted molar refractivity (Wildman–Crippen MR) is 48.7 cm³/mol. The minimum absolute atomic E-state index is 0.507. The Balaban J connectivity index is 2.89. The second-order valence-electron chi connectivity index (χ2n) is 2.32. The number of fused-ring (bicyclic) bond motifs is 1. The lowest BCUT2D eigenvalue weighted by molar-refractivity contribution is 1.48. The van der Waals surface area contributed by atoms with E-state index in [1.165, 1.54) is 11.3 Å². The Morgan fingerprint density at radius 3 is 3.08 bits per heavy atom. The van der Waals surface area contributed by atoms with Crippen molar-refractivity contribution in [1.29, 1.82) is 5.26 Å². The SMILES string of the molecule is N#Cc1cccc2nc(N)sc12. The van der Waals surface area contributed by atoms with Crippen LogP contribution in [0.2, 0.25) is 0 Å². The molecule has 0 atom stereocenters. The maximum Gasteiger partial charge on any atom is 0.181 e. The molecule has 0 unspecified atom stereocenters. The summed E-state index contributed by atoms with van der Waals surface area (Å²) in [6.45, 7) is 0. The summed E-state index contributed by atoms with van der Waals surface area (Å²) >= 11 is 1.35. The fraction of sp³-hybridized carbons (Fsp3) is 0. The summed E-state index contributed by atoms with van der Waals surface area (Å²) in [5.41, 5.74) is 6.95. The van der Waals surface area contributed by atoms with Gasteiger partial charge < -0.3 is 5.73 Å². The van der Waals surface area contributed by atoms with Crippen LogP contribution in [0.3, 0.4) is 0 Å². The topological polar surface area (TPSA) is 62.7 Å². The third-order valence-corrected chi connectivity index (χ3v) is 2.49. The Morgan fingerprint density at radius 2 is 2.33 bits per heavy atom. The highest BCUT2D eigenvalue weighted by Crippen LogP contribution is 2.26. The lowest BCUT2D eigenvalue weighted by Gasteiger charge is -1.87. The van der Waals surface area contributed by atoms with Gasteiger partial charge in [-0.15, -0.1) is 0 Å². The van der Waals surface area contributed by atoms with Crippen molar-refractivity contribution in [3.63, 3.8) is 0 Å². The van der Waals surface area contributed by atoms with Gasteiger partial charge in [0.2, 0.25) is 0 Å². The number of anilines is 1. The molecular formula is C8H5N3S. The molecule has 4 heteroatoms. The van der Waals surface area contributed by atoms with E-state index < -0.39 is 0 Å². The van der Waals surface area contributed by atoms with E-state index in [9.17, 15) is 0 Å². The van der Waals surface area contributed by atoms with Crippen LogP contribution in [-0.2, 0) is 0 Å². The van der Waals surface area contributed by atoms with Crippen molar-refractivity contribution < 1.29 is 0 Å². The molecular weight excluding hydrogens is 170 g/mol. The van der Waals surface area contributed by atoms with E-state index in [-0.39, 0.29) is 0 Å². The van der Waals surface area contributed by atoms with Gasteiger partial charge in [-0.2, -0.15) is 5.26 Å². The second kappa shape index (κ2) is 2.47. The van der Waals surface area contributed by atoms with Crippen molar-refractivity contribution in [2.75, 3.05) is 5.73 Å². The summed E-state index contributed by atoms with van der Waals surface area (Å²) in [5.74, 6) is 0. The summed E-state index contributed by atoms with van der Waals surface area (Å²) in [7, 11) is 0. The average molecular weight is 175 g/mol. The van der Waals surface area contributed by atoms with Gasteiger partial charge in [0.1, 0.15) is 6.07 Å². The predicted octanol–water partition coefficient (Wildman–Crippen LogP) is 1.75. The number of nitrogens with two attached hydrogens (primary N) is 1. The van der Waals surface area contributed by atoms with Crippen LogP contribution in [0.5, 0.6) is 0 Å². The first kappa shape index (κ1) is 7.07. The number of nitriles is 1. The van der Waals surface area contributed by atoms with Gasteiger partial charge in [0.05, 0.1) is 15.8 Å². The van der Waals surface area contributed by atoms with Crippen molar-refractivity contribution in [3.05, 3.63) is 23.8 Å². The van der Waals surface area contributed by atoms with Gasteiger partial charge >= 0.3 is 0 Å². The van der Waals surface area contributed by atoms with Crippen molar-refractivity contribution in [2.24, 2.45) is 0 Å². The molecule has 0 aliphatic heterocycles. The molecule has 0 aliphatic carbocycles. The minimum atomic E-state index is 0.507. The van der Waals surface area contributed by atoms with Gasteiger partial charge in [0.25, 0.3) is 0 Å². The van der Waals surface area contributed by atoms with Crippen LogP contribution >= 0.6 is 11.3 Å². The first-order valence-corrected chi connectivity index (χ1v) is 4.18. The van der Waals surface area contributed by atoms with E-state index in [4.69, 9.17) is 11.0 Å². The van der Waals surface area contributed by atoms with Crippen molar-refractivity contribution in [2.45, 2.75) is 0 Å². The zero-order valence-electron chi connectivity index (χ0n) is 6.11. The van der Waals surface area contributed by atoms with Crippen LogP contribution in [0.4, 0.5) is 5.13 Å². The third kappa shape index (κ3) is 0.917. The average Bonchev–Trinajstić information content (AvgIpc) is 2.44. The van der Waals surface area contributed by atoms with E-state index in [0.717, 1.165) is 10.2 Å². The molecule has 1 aromatic heterocycles. The normalized spacial score (nSPS) is 9.92. The fourth-order valence-corrected chi connectivity index (χ4v) is 1.85. The van der Waals surface area contributed by atoms with Crippen LogP contribution in [0.15, 0.2) is 18.2 Å². The van der Waals surface area contributed by atoms with E-state index in [2.05, 4.69) is 11.1 Å². The Hall–Kier alpha value is -1.60. The molecule has 2 rings (SSSR count). The molecule has 0 fully saturated rings. The molecule has 0 bridgehead atoms. The first-order valence-electron chi connectivity index (χ1n) is 3.36. The molecule has 0 amide bonds. The summed E-state index contributed by atoms with van der Waals surface area (Å²) in [6, 6.07) is 7.52. The lowest BCUT2D eigenvalue weighted by Crippen LogP contribution is -1.78. The highest BCUT2D eigenvalue weighted by molar-refractivity contribution is 7.22. The first-order chi connectivity index (χ1) is 5.81. The summed E-state index contributed by atoms with van der Waals surface area (Å²) in [4.78, 5) is 4.07. The highest BCUT2D eigenvalue weighted by atomic mass is 32.1. The van der Waals surface area contributed by atoms with Gasteiger partial charge in [-0.1, -0.05) is 17.4 Å². The smallest absolute Gasteiger partial charge is 0.181 e. The van der Waals surface area contributed by atoms with Crippen molar-refractivity contribution in [1.82, 2.24) is 4.98 Å². The molecule has 1 aromatic carbocycles. The summed E-state index contributed by atoms with van der Waals surface area (Å²) < 4.78 is 0.873. The molecule has 3 nitrogen and oxygen atoms in total. The van der Waals surface area contributed by atoms with Crippen molar-refractivity contribution >= 4 is 26.7 Å². The van der Waals surface area contributed by atoms with Crippen LogP contribution in [0.1, 0.15) is 5.56 Å². The van der Waals surface area contributed by atoms with Crippen LogP contribution < -0.4 is 5.73 Å². The number of hydrogen-bond donors (Lipinski definition) is 1. The van der Waals surface area contributed by atoms with Gasteiger partial charge in [-0.25, -0.2) is 4.98 Å². The number of nitrogen functional groups attached to an aromatic ring is 1. The number of aromatic nitrogens is 1. The Kier molecular flexibility index (Phi) is 1.45. The fourth-order valence-electron chi connectivity index (χ4n) is 1.05. The maximum absolute atomic E-state index is 8.73. The number of benzene rings is 1. The molecule has 2 N–H and O–H groups in total. The largest absolute Gasteiger partial charge is 0.375 e. The lowest BCUT2D eigenvalue weighted by atomic mass is 10.2. The van der Waals surface area contributed by atoms with E-state index in [1.54, 1.807) is 12.1 Å². The maximum atomic E-state index is 8.73. The molecule has 0 aliphatic rings. The quantitative estimate of drug-likeness (QED) is 0.663. The zero-order valence-corrected chi connectivity index (χ0v) is 6.93. The molecule has 0 saturated heterocycles. The van der Waals surface area contributed by atoms with E-state index >= 15 is 0 Å². The number of thiazole rings is 1. The molecule has 0 spiro atoms. The summed E-state index contributed by atoms with van der Waals surface area (Å²) in [5, 5.41) is 9.24. The molecule has 1 heterocycles. The van der Waals surface area contributed by atoms with Crippen molar-refractivity contribution in [3.8, 4) is 6.07 Å². The number of nitrogens with zero attached hydrogens (tertiary/aromatic N) is 2.